The Balaban J connectivity index is 1.53. The second-order valence-electron chi connectivity index (χ2n) is 7.11. The summed E-state index contributed by atoms with van der Waals surface area (Å²) in [6, 6.07) is 14.4. The first-order chi connectivity index (χ1) is 12.2. The molecule has 0 bridgehead atoms. The molecule has 1 amide bonds. The molecule has 1 aliphatic carbocycles. The third-order valence-electron chi connectivity index (χ3n) is 5.47. The standard InChI is InChI=1S/C21H22FNO2/c22-18-9-7-17(8-10-18)21(11-3-4-12-21)23-20(24)16-13-15-5-1-2-6-19(15)25-14-16/h1-2,5-10,16H,3-4,11-14H2,(H,23,24). The number of carbonyl (C=O) groups is 1. The van der Waals surface area contributed by atoms with E-state index in [1.807, 2.05) is 24.3 Å². The number of rotatable bonds is 3. The van der Waals surface area contributed by atoms with Crippen LogP contribution >= 0.6 is 0 Å². The fourth-order valence-corrected chi connectivity index (χ4v) is 4.07. The molecule has 1 atom stereocenters. The largest absolute Gasteiger partial charge is 0.492 e. The van der Waals surface area contributed by atoms with E-state index < -0.39 is 0 Å². The van der Waals surface area contributed by atoms with Crippen molar-refractivity contribution in [2.45, 2.75) is 37.6 Å². The third kappa shape index (κ3) is 3.13. The molecule has 2 aromatic carbocycles. The highest BCUT2D eigenvalue weighted by Gasteiger charge is 2.39. The molecular formula is C21H22FNO2. The fraction of sp³-hybridized carbons (Fsp3) is 0.381. The number of nitrogens with one attached hydrogen (secondary N) is 1. The van der Waals surface area contributed by atoms with E-state index in [1.54, 1.807) is 12.1 Å². The summed E-state index contributed by atoms with van der Waals surface area (Å²) in [5, 5.41) is 3.29. The highest BCUT2D eigenvalue weighted by atomic mass is 19.1. The van der Waals surface area contributed by atoms with Gasteiger partial charge in [0.05, 0.1) is 11.5 Å². The van der Waals surface area contributed by atoms with Gasteiger partial charge in [0, 0.05) is 0 Å². The van der Waals surface area contributed by atoms with E-state index in [1.165, 1.54) is 12.1 Å². The summed E-state index contributed by atoms with van der Waals surface area (Å²) < 4.78 is 19.1. The highest BCUT2D eigenvalue weighted by Crippen LogP contribution is 2.39. The molecule has 1 N–H and O–H groups in total. The lowest BCUT2D eigenvalue weighted by Crippen LogP contribution is -2.48. The number of benzene rings is 2. The van der Waals surface area contributed by atoms with E-state index in [2.05, 4.69) is 5.32 Å². The number of hydrogen-bond acceptors (Lipinski definition) is 2. The van der Waals surface area contributed by atoms with Gasteiger partial charge in [-0.05, 0) is 48.6 Å². The maximum Gasteiger partial charge on any atom is 0.227 e. The monoisotopic (exact) mass is 339 g/mol. The van der Waals surface area contributed by atoms with Gasteiger partial charge in [-0.3, -0.25) is 4.79 Å². The van der Waals surface area contributed by atoms with Crippen molar-refractivity contribution in [3.63, 3.8) is 0 Å². The molecule has 2 aromatic rings. The van der Waals surface area contributed by atoms with Crippen LogP contribution < -0.4 is 10.1 Å². The number of carbonyl (C=O) groups excluding carboxylic acids is 1. The Morgan fingerprint density at radius 1 is 1.08 bits per heavy atom. The smallest absolute Gasteiger partial charge is 0.227 e. The van der Waals surface area contributed by atoms with E-state index in [0.29, 0.717) is 13.0 Å². The zero-order valence-electron chi connectivity index (χ0n) is 14.1. The van der Waals surface area contributed by atoms with Gasteiger partial charge >= 0.3 is 0 Å². The van der Waals surface area contributed by atoms with Gasteiger partial charge in [0.2, 0.25) is 5.91 Å². The topological polar surface area (TPSA) is 38.3 Å². The van der Waals surface area contributed by atoms with Crippen LogP contribution in [0.5, 0.6) is 5.75 Å². The van der Waals surface area contributed by atoms with Crippen LogP contribution in [0.1, 0.15) is 36.8 Å². The molecule has 1 saturated carbocycles. The van der Waals surface area contributed by atoms with Crippen LogP contribution in [0.3, 0.4) is 0 Å². The number of ether oxygens (including phenoxy) is 1. The van der Waals surface area contributed by atoms with Crippen LogP contribution in [-0.2, 0) is 16.8 Å². The predicted molar refractivity (Wildman–Crippen MR) is 93.8 cm³/mol. The van der Waals surface area contributed by atoms with Crippen molar-refractivity contribution in [2.75, 3.05) is 6.61 Å². The molecule has 0 aromatic heterocycles. The van der Waals surface area contributed by atoms with E-state index in [0.717, 1.165) is 42.6 Å². The Kier molecular flexibility index (Phi) is 4.20. The van der Waals surface area contributed by atoms with Gasteiger partial charge in [-0.2, -0.15) is 0 Å². The molecule has 0 saturated heterocycles. The fourth-order valence-electron chi connectivity index (χ4n) is 4.07. The quantitative estimate of drug-likeness (QED) is 0.919. The average molecular weight is 339 g/mol. The molecule has 2 aliphatic rings. The highest BCUT2D eigenvalue weighted by molar-refractivity contribution is 5.80. The van der Waals surface area contributed by atoms with E-state index >= 15 is 0 Å². The summed E-state index contributed by atoms with van der Waals surface area (Å²) in [4.78, 5) is 12.9. The van der Waals surface area contributed by atoms with Crippen molar-refractivity contribution in [3.05, 3.63) is 65.5 Å². The predicted octanol–water partition coefficient (Wildman–Crippen LogP) is 3.96. The first kappa shape index (κ1) is 16.1. The Morgan fingerprint density at radius 3 is 2.56 bits per heavy atom. The molecule has 0 radical (unpaired) electrons. The first-order valence-electron chi connectivity index (χ1n) is 8.95. The molecule has 0 spiro atoms. The number of fused-ring (bicyclic) bond motifs is 1. The Labute approximate surface area is 147 Å². The zero-order valence-corrected chi connectivity index (χ0v) is 14.1. The van der Waals surface area contributed by atoms with Gasteiger partial charge in [-0.25, -0.2) is 4.39 Å². The lowest BCUT2D eigenvalue weighted by molar-refractivity contribution is -0.128. The van der Waals surface area contributed by atoms with E-state index in [-0.39, 0.29) is 23.2 Å². The van der Waals surface area contributed by atoms with Crippen molar-refractivity contribution in [3.8, 4) is 5.75 Å². The second kappa shape index (κ2) is 6.51. The summed E-state index contributed by atoms with van der Waals surface area (Å²) in [6.07, 6.45) is 4.63. The molecule has 4 heteroatoms. The minimum absolute atomic E-state index is 0.0285. The lowest BCUT2D eigenvalue weighted by atomic mass is 9.86. The van der Waals surface area contributed by atoms with Crippen molar-refractivity contribution < 1.29 is 13.9 Å². The number of halogens is 1. The van der Waals surface area contributed by atoms with Crippen LogP contribution in [0.15, 0.2) is 48.5 Å². The molecular weight excluding hydrogens is 317 g/mol. The van der Waals surface area contributed by atoms with Gasteiger partial charge in [-0.15, -0.1) is 0 Å². The van der Waals surface area contributed by atoms with Crippen molar-refractivity contribution in [1.82, 2.24) is 5.32 Å². The summed E-state index contributed by atoms with van der Waals surface area (Å²) in [7, 11) is 0. The molecule has 130 valence electrons. The minimum Gasteiger partial charge on any atom is -0.492 e. The lowest BCUT2D eigenvalue weighted by Gasteiger charge is -2.34. The number of para-hydroxylation sites is 1. The van der Waals surface area contributed by atoms with Gasteiger partial charge in [0.25, 0.3) is 0 Å². The summed E-state index contributed by atoms with van der Waals surface area (Å²) >= 11 is 0. The van der Waals surface area contributed by atoms with E-state index in [4.69, 9.17) is 4.74 Å². The zero-order chi connectivity index (χ0) is 17.3. The van der Waals surface area contributed by atoms with E-state index in [9.17, 15) is 9.18 Å². The van der Waals surface area contributed by atoms with Crippen LogP contribution in [-0.4, -0.2) is 12.5 Å². The minimum atomic E-state index is -0.373. The molecule has 4 rings (SSSR count). The number of hydrogen-bond donors (Lipinski definition) is 1. The molecule has 1 heterocycles. The molecule has 25 heavy (non-hydrogen) atoms. The second-order valence-corrected chi connectivity index (χ2v) is 7.11. The van der Waals surface area contributed by atoms with Crippen molar-refractivity contribution in [1.29, 1.82) is 0 Å². The van der Waals surface area contributed by atoms with Crippen LogP contribution in [0, 0.1) is 11.7 Å². The maximum absolute atomic E-state index is 13.3. The van der Waals surface area contributed by atoms with Crippen LogP contribution in [0.25, 0.3) is 0 Å². The first-order valence-corrected chi connectivity index (χ1v) is 8.95. The SMILES string of the molecule is O=C(NC1(c2ccc(F)cc2)CCCC1)C1COc2ccccc2C1. The van der Waals surface area contributed by atoms with Gasteiger partial charge in [0.15, 0.2) is 0 Å². The molecule has 1 unspecified atom stereocenters. The van der Waals surface area contributed by atoms with Gasteiger partial charge in [-0.1, -0.05) is 43.2 Å². The van der Waals surface area contributed by atoms with Crippen LogP contribution in [0.4, 0.5) is 4.39 Å². The van der Waals surface area contributed by atoms with Gasteiger partial charge < -0.3 is 10.1 Å². The van der Waals surface area contributed by atoms with Crippen molar-refractivity contribution >= 4 is 5.91 Å². The third-order valence-corrected chi connectivity index (χ3v) is 5.47. The summed E-state index contributed by atoms with van der Waals surface area (Å²) in [5.74, 6) is 0.467. The molecule has 1 fully saturated rings. The summed E-state index contributed by atoms with van der Waals surface area (Å²) in [6.45, 7) is 0.405. The summed E-state index contributed by atoms with van der Waals surface area (Å²) in [5.41, 5.74) is 1.70. The Bertz CT molecular complexity index is 766. The molecule has 1 aliphatic heterocycles. The number of amides is 1. The van der Waals surface area contributed by atoms with Crippen LogP contribution in [0.2, 0.25) is 0 Å². The van der Waals surface area contributed by atoms with Crippen molar-refractivity contribution in [2.24, 2.45) is 5.92 Å². The Morgan fingerprint density at radius 2 is 1.80 bits per heavy atom. The Hall–Kier alpha value is -2.36. The van der Waals surface area contributed by atoms with Gasteiger partial charge in [0.1, 0.15) is 18.2 Å². The molecule has 3 nitrogen and oxygen atoms in total. The normalized spacial score (nSPS) is 21.2. The average Bonchev–Trinajstić information content (AvgIpc) is 3.11. The maximum atomic E-state index is 13.3.